The largest absolute Gasteiger partial charge is 0.253 e. The van der Waals surface area contributed by atoms with Gasteiger partial charge in [0.25, 0.3) is 0 Å². The summed E-state index contributed by atoms with van der Waals surface area (Å²) in [6.07, 6.45) is 5.90. The van der Waals surface area contributed by atoms with Crippen LogP contribution in [0, 0.1) is 0 Å². The number of hydrogen-bond donors (Lipinski definition) is 0. The molecule has 0 aliphatic carbocycles. The smallest absolute Gasteiger partial charge is 0.0797 e. The van der Waals surface area contributed by atoms with Crippen LogP contribution in [0.4, 0.5) is 0 Å². The summed E-state index contributed by atoms with van der Waals surface area (Å²) < 4.78 is 0. The van der Waals surface area contributed by atoms with Crippen molar-refractivity contribution in [3.63, 3.8) is 0 Å². The zero-order chi connectivity index (χ0) is 5.82. The van der Waals surface area contributed by atoms with E-state index in [4.69, 9.17) is 0 Å². The summed E-state index contributed by atoms with van der Waals surface area (Å²) in [7, 11) is 0. The molecule has 1 heterocycles. The van der Waals surface area contributed by atoms with Gasteiger partial charge >= 0.3 is 0 Å². The monoisotopic (exact) mass is 125 g/mol. The van der Waals surface area contributed by atoms with Gasteiger partial charge in [0.1, 0.15) is 0 Å². The first-order valence-corrected chi connectivity index (χ1v) is 3.32. The van der Waals surface area contributed by atoms with Crippen molar-refractivity contribution in [3.05, 3.63) is 22.7 Å². The van der Waals surface area contributed by atoms with Crippen molar-refractivity contribution in [2.75, 3.05) is 0 Å². The first-order chi connectivity index (χ1) is 3.93. The first kappa shape index (κ1) is 5.51. The van der Waals surface area contributed by atoms with E-state index in [2.05, 4.69) is 4.98 Å². The molecule has 0 saturated carbocycles. The van der Waals surface area contributed by atoms with Gasteiger partial charge in [-0.05, 0) is 13.0 Å². The minimum Gasteiger partial charge on any atom is -0.253 e. The lowest BCUT2D eigenvalue weighted by Crippen LogP contribution is -1.53. The second kappa shape index (κ2) is 2.62. The molecular formula is C6H7NS. The molecule has 0 spiro atoms. The highest BCUT2D eigenvalue weighted by Crippen LogP contribution is 2.06. The maximum atomic E-state index is 3.91. The maximum absolute atomic E-state index is 3.91. The quantitative estimate of drug-likeness (QED) is 0.560. The van der Waals surface area contributed by atoms with Gasteiger partial charge in [-0.25, -0.2) is 0 Å². The molecule has 1 rings (SSSR count). The molecule has 1 aromatic rings. The summed E-state index contributed by atoms with van der Waals surface area (Å²) in [4.78, 5) is 5.12. The van der Waals surface area contributed by atoms with Gasteiger partial charge in [-0.2, -0.15) is 0 Å². The van der Waals surface area contributed by atoms with Gasteiger partial charge in [0.15, 0.2) is 0 Å². The van der Waals surface area contributed by atoms with Crippen LogP contribution in [-0.4, -0.2) is 4.98 Å². The van der Waals surface area contributed by atoms with Gasteiger partial charge in [0.2, 0.25) is 0 Å². The SMILES string of the molecule is C/C=C/c1cncs1. The molecule has 0 saturated heterocycles. The molecule has 1 aromatic heterocycles. The minimum absolute atomic E-state index is 1.22. The summed E-state index contributed by atoms with van der Waals surface area (Å²) in [6.45, 7) is 2.00. The molecule has 0 fully saturated rings. The number of hydrogen-bond acceptors (Lipinski definition) is 2. The Labute approximate surface area is 52.7 Å². The Bertz CT molecular complexity index is 165. The standard InChI is InChI=1S/C6H7NS/c1-2-3-6-4-7-5-8-6/h2-5H,1H3/b3-2+. The lowest BCUT2D eigenvalue weighted by molar-refractivity contribution is 1.42. The van der Waals surface area contributed by atoms with E-state index in [1.54, 1.807) is 11.3 Å². The number of thiazole rings is 1. The molecule has 0 aliphatic rings. The Morgan fingerprint density at radius 1 is 1.75 bits per heavy atom. The lowest BCUT2D eigenvalue weighted by Gasteiger charge is -1.73. The Balaban J connectivity index is 2.77. The van der Waals surface area contributed by atoms with Crippen molar-refractivity contribution in [2.45, 2.75) is 6.92 Å². The summed E-state index contributed by atoms with van der Waals surface area (Å²) in [6, 6.07) is 0. The Hall–Kier alpha value is -0.630. The molecule has 0 amide bonds. The molecule has 0 bridgehead atoms. The molecule has 42 valence electrons. The third kappa shape index (κ3) is 1.17. The van der Waals surface area contributed by atoms with E-state index in [1.165, 1.54) is 4.88 Å². The Kier molecular flexibility index (Phi) is 1.80. The second-order valence-electron chi connectivity index (χ2n) is 1.40. The van der Waals surface area contributed by atoms with E-state index in [-0.39, 0.29) is 0 Å². The highest BCUT2D eigenvalue weighted by atomic mass is 32.1. The molecule has 2 heteroatoms. The van der Waals surface area contributed by atoms with Crippen LogP contribution in [0.2, 0.25) is 0 Å². The summed E-state index contributed by atoms with van der Waals surface area (Å²) in [5, 5.41) is 0. The van der Waals surface area contributed by atoms with Crippen LogP contribution in [0.1, 0.15) is 11.8 Å². The lowest BCUT2D eigenvalue weighted by atomic mass is 10.5. The van der Waals surface area contributed by atoms with Gasteiger partial charge in [-0.15, -0.1) is 11.3 Å². The van der Waals surface area contributed by atoms with Gasteiger partial charge in [-0.3, -0.25) is 4.98 Å². The minimum atomic E-state index is 1.22. The molecular weight excluding hydrogens is 118 g/mol. The zero-order valence-corrected chi connectivity index (χ0v) is 5.48. The topological polar surface area (TPSA) is 12.9 Å². The summed E-state index contributed by atoms with van der Waals surface area (Å²) in [5.74, 6) is 0. The van der Waals surface area contributed by atoms with Gasteiger partial charge in [-0.1, -0.05) is 6.08 Å². The van der Waals surface area contributed by atoms with Crippen LogP contribution in [0.3, 0.4) is 0 Å². The fourth-order valence-corrected chi connectivity index (χ4v) is 1.05. The Morgan fingerprint density at radius 3 is 3.12 bits per heavy atom. The normalized spacial score (nSPS) is 10.6. The van der Waals surface area contributed by atoms with Crippen molar-refractivity contribution in [2.24, 2.45) is 0 Å². The summed E-state index contributed by atoms with van der Waals surface area (Å²) >= 11 is 1.65. The first-order valence-electron chi connectivity index (χ1n) is 2.44. The predicted octanol–water partition coefficient (Wildman–Crippen LogP) is 2.18. The van der Waals surface area contributed by atoms with Crippen LogP contribution in [-0.2, 0) is 0 Å². The van der Waals surface area contributed by atoms with Gasteiger partial charge < -0.3 is 0 Å². The predicted molar refractivity (Wildman–Crippen MR) is 36.8 cm³/mol. The van der Waals surface area contributed by atoms with Crippen LogP contribution in [0.25, 0.3) is 6.08 Å². The van der Waals surface area contributed by atoms with Crippen molar-refractivity contribution in [1.82, 2.24) is 4.98 Å². The van der Waals surface area contributed by atoms with E-state index in [0.717, 1.165) is 0 Å². The van der Waals surface area contributed by atoms with E-state index in [1.807, 2.05) is 30.8 Å². The third-order valence-electron chi connectivity index (χ3n) is 0.782. The van der Waals surface area contributed by atoms with Crippen LogP contribution in [0.5, 0.6) is 0 Å². The summed E-state index contributed by atoms with van der Waals surface area (Å²) in [5.41, 5.74) is 1.83. The van der Waals surface area contributed by atoms with Crippen molar-refractivity contribution in [3.8, 4) is 0 Å². The van der Waals surface area contributed by atoms with Gasteiger partial charge in [0, 0.05) is 11.1 Å². The van der Waals surface area contributed by atoms with Crippen LogP contribution >= 0.6 is 11.3 Å². The van der Waals surface area contributed by atoms with Crippen LogP contribution < -0.4 is 0 Å². The molecule has 0 unspecified atom stereocenters. The van der Waals surface area contributed by atoms with Crippen molar-refractivity contribution in [1.29, 1.82) is 0 Å². The molecule has 0 radical (unpaired) electrons. The van der Waals surface area contributed by atoms with Gasteiger partial charge in [0.05, 0.1) is 5.51 Å². The fourth-order valence-electron chi connectivity index (χ4n) is 0.472. The number of aromatic nitrogens is 1. The molecule has 0 atom stereocenters. The van der Waals surface area contributed by atoms with E-state index in [0.29, 0.717) is 0 Å². The highest BCUT2D eigenvalue weighted by molar-refractivity contribution is 7.10. The number of allylic oxidation sites excluding steroid dienone is 1. The number of nitrogens with zero attached hydrogens (tertiary/aromatic N) is 1. The average molecular weight is 125 g/mol. The van der Waals surface area contributed by atoms with Crippen molar-refractivity contribution >= 4 is 17.4 Å². The molecule has 0 N–H and O–H groups in total. The molecule has 0 aromatic carbocycles. The third-order valence-corrected chi connectivity index (χ3v) is 1.52. The second-order valence-corrected chi connectivity index (χ2v) is 2.32. The fraction of sp³-hybridized carbons (Fsp3) is 0.167. The molecule has 0 aliphatic heterocycles. The van der Waals surface area contributed by atoms with Crippen molar-refractivity contribution < 1.29 is 0 Å². The number of rotatable bonds is 1. The molecule has 1 nitrogen and oxygen atoms in total. The zero-order valence-electron chi connectivity index (χ0n) is 4.66. The molecule has 8 heavy (non-hydrogen) atoms. The maximum Gasteiger partial charge on any atom is 0.0797 e. The van der Waals surface area contributed by atoms with E-state index < -0.39 is 0 Å². The van der Waals surface area contributed by atoms with E-state index >= 15 is 0 Å². The average Bonchev–Trinajstić information content (AvgIpc) is 2.19. The Morgan fingerprint density at radius 2 is 2.62 bits per heavy atom. The van der Waals surface area contributed by atoms with E-state index in [9.17, 15) is 0 Å². The highest BCUT2D eigenvalue weighted by Gasteiger charge is 1.81. The van der Waals surface area contributed by atoms with Crippen LogP contribution in [0.15, 0.2) is 17.8 Å².